The Morgan fingerprint density at radius 3 is 0.906 bits per heavy atom. The van der Waals surface area contributed by atoms with Gasteiger partial charge in [0.15, 0.2) is 0 Å². The molecule has 0 saturated heterocycles. The first-order valence-corrected chi connectivity index (χ1v) is 24.0. The summed E-state index contributed by atoms with van der Waals surface area (Å²) >= 11 is 0. The van der Waals surface area contributed by atoms with Crippen molar-refractivity contribution in [1.29, 1.82) is 0 Å². The standard InChI is InChI=1S/C64H54/c1-5-13-47(14-6-1)21-25-55-29-31-59(35-57(55)27-23-49-17-9-3-10-18-49)61-37-51-33-52(38-61)42-63(41-51,45-61)64-43-53-34-54(44-64)40-62(39-53,46-64)60-32-30-56(26-22-48-15-7-2-8-16-48)58(36-60)28-24-50-19-11-4-12-20-50/h1-20,29-32,35-36,51-54H,33-34,37-46H2. The van der Waals surface area contributed by atoms with E-state index in [1.165, 1.54) is 88.2 Å². The fourth-order valence-electron chi connectivity index (χ4n) is 15.3. The second-order valence-electron chi connectivity index (χ2n) is 21.0. The van der Waals surface area contributed by atoms with Crippen molar-refractivity contribution < 1.29 is 0 Å². The maximum atomic E-state index is 3.65. The normalized spacial score (nSPS) is 29.8. The molecule has 0 aromatic heterocycles. The van der Waals surface area contributed by atoms with Crippen LogP contribution < -0.4 is 0 Å². The lowest BCUT2D eigenvalue weighted by molar-refractivity contribution is -0.212. The van der Waals surface area contributed by atoms with Crippen molar-refractivity contribution in [3.8, 4) is 47.4 Å². The van der Waals surface area contributed by atoms with Crippen molar-refractivity contribution >= 4 is 0 Å². The van der Waals surface area contributed by atoms with Crippen LogP contribution in [0.3, 0.4) is 0 Å². The third-order valence-electron chi connectivity index (χ3n) is 17.0. The Labute approximate surface area is 381 Å². The lowest BCUT2D eigenvalue weighted by Crippen LogP contribution is -2.66. The van der Waals surface area contributed by atoms with Gasteiger partial charge in [0.1, 0.15) is 0 Å². The van der Waals surface area contributed by atoms with Gasteiger partial charge in [-0.05, 0) is 206 Å². The third kappa shape index (κ3) is 7.11. The van der Waals surface area contributed by atoms with E-state index in [-0.39, 0.29) is 10.8 Å². The maximum absolute atomic E-state index is 3.65. The molecule has 0 nitrogen and oxygen atoms in total. The van der Waals surface area contributed by atoms with E-state index in [0.717, 1.165) is 68.2 Å². The Hall–Kier alpha value is -6.44. The first-order chi connectivity index (χ1) is 31.4. The van der Waals surface area contributed by atoms with Crippen LogP contribution in [0.2, 0.25) is 0 Å². The highest BCUT2D eigenvalue weighted by Gasteiger charge is 2.70. The molecule has 4 atom stereocenters. The van der Waals surface area contributed by atoms with E-state index >= 15 is 0 Å². The summed E-state index contributed by atoms with van der Waals surface area (Å²) in [5.74, 6) is 31.6. The van der Waals surface area contributed by atoms with Crippen LogP contribution in [0.15, 0.2) is 158 Å². The van der Waals surface area contributed by atoms with Gasteiger partial charge in [0.05, 0.1) is 0 Å². The molecule has 0 aliphatic heterocycles. The minimum atomic E-state index is 0.203. The number of hydrogen-bond donors (Lipinski definition) is 0. The van der Waals surface area contributed by atoms with Crippen LogP contribution in [0.25, 0.3) is 0 Å². The van der Waals surface area contributed by atoms with Crippen molar-refractivity contribution in [3.63, 3.8) is 0 Å². The molecule has 0 amide bonds. The quantitative estimate of drug-likeness (QED) is 0.156. The van der Waals surface area contributed by atoms with Gasteiger partial charge >= 0.3 is 0 Å². The van der Waals surface area contributed by atoms with Gasteiger partial charge in [0, 0.05) is 44.5 Å². The average Bonchev–Trinajstić information content (AvgIpc) is 3.32. The molecule has 8 saturated carbocycles. The van der Waals surface area contributed by atoms with Gasteiger partial charge in [-0.15, -0.1) is 0 Å². The molecule has 8 bridgehead atoms. The molecule has 0 heteroatoms. The van der Waals surface area contributed by atoms with Gasteiger partial charge in [-0.3, -0.25) is 0 Å². The molecule has 0 spiro atoms. The van der Waals surface area contributed by atoms with E-state index in [2.05, 4.69) is 205 Å². The molecule has 8 fully saturated rings. The van der Waals surface area contributed by atoms with Crippen LogP contribution in [-0.4, -0.2) is 0 Å². The van der Waals surface area contributed by atoms with Crippen LogP contribution in [-0.2, 0) is 10.8 Å². The van der Waals surface area contributed by atoms with Crippen molar-refractivity contribution in [2.75, 3.05) is 0 Å². The van der Waals surface area contributed by atoms with Crippen molar-refractivity contribution in [2.24, 2.45) is 34.5 Å². The predicted molar refractivity (Wildman–Crippen MR) is 260 cm³/mol. The SMILES string of the molecule is C(#Cc1ccc(C23CC4CC(C2)CC(C25CC6CC(CC(c7ccc(C#Cc8ccccc8)c(C#Cc8ccccc8)c7)(C6)C2)C5)(C4)C3)cc1C#Cc1ccccc1)c1ccccc1. The average molecular weight is 823 g/mol. The molecule has 14 rings (SSSR count). The molecule has 6 aromatic rings. The van der Waals surface area contributed by atoms with Gasteiger partial charge in [-0.1, -0.05) is 132 Å². The Morgan fingerprint density at radius 2 is 0.594 bits per heavy atom. The van der Waals surface area contributed by atoms with E-state index in [0.29, 0.717) is 10.8 Å². The zero-order chi connectivity index (χ0) is 42.6. The van der Waals surface area contributed by atoms with Gasteiger partial charge in [-0.2, -0.15) is 0 Å². The smallest absolute Gasteiger partial charge is 0.0408 e. The summed E-state index contributed by atoms with van der Waals surface area (Å²) in [5, 5.41) is 0. The second kappa shape index (κ2) is 15.7. The van der Waals surface area contributed by atoms with Gasteiger partial charge < -0.3 is 0 Å². The van der Waals surface area contributed by atoms with E-state index in [1.807, 2.05) is 0 Å². The Kier molecular flexibility index (Phi) is 9.59. The first-order valence-electron chi connectivity index (χ1n) is 24.0. The lowest BCUT2D eigenvalue weighted by atomic mass is 9.30. The molecule has 6 aromatic carbocycles. The molecule has 310 valence electrons. The Morgan fingerprint density at radius 1 is 0.297 bits per heavy atom. The van der Waals surface area contributed by atoms with Crippen molar-refractivity contribution in [1.82, 2.24) is 0 Å². The largest absolute Gasteiger partial charge is 0.0622 e. The Bertz CT molecular complexity index is 2760. The van der Waals surface area contributed by atoms with Crippen LogP contribution >= 0.6 is 0 Å². The highest BCUT2D eigenvalue weighted by molar-refractivity contribution is 5.58. The predicted octanol–water partition coefficient (Wildman–Crippen LogP) is 13.7. The maximum Gasteiger partial charge on any atom is 0.0408 e. The minimum Gasteiger partial charge on any atom is -0.0622 e. The summed E-state index contributed by atoms with van der Waals surface area (Å²) in [6.07, 6.45) is 16.6. The second-order valence-corrected chi connectivity index (χ2v) is 21.0. The molecule has 0 radical (unpaired) electrons. The zero-order valence-electron chi connectivity index (χ0n) is 36.8. The fourth-order valence-corrected chi connectivity index (χ4v) is 15.3. The Balaban J connectivity index is 0.916. The van der Waals surface area contributed by atoms with Crippen LogP contribution in [0, 0.1) is 81.9 Å². The summed E-state index contributed by atoms with van der Waals surface area (Å²) in [6.45, 7) is 0. The van der Waals surface area contributed by atoms with E-state index in [1.54, 1.807) is 0 Å². The van der Waals surface area contributed by atoms with Crippen molar-refractivity contribution in [3.05, 3.63) is 213 Å². The van der Waals surface area contributed by atoms with Crippen LogP contribution in [0.4, 0.5) is 0 Å². The molecule has 64 heavy (non-hydrogen) atoms. The highest BCUT2D eigenvalue weighted by Crippen LogP contribution is 2.78. The summed E-state index contributed by atoms with van der Waals surface area (Å²) in [4.78, 5) is 0. The highest BCUT2D eigenvalue weighted by atomic mass is 14.7. The molecule has 8 aliphatic carbocycles. The van der Waals surface area contributed by atoms with E-state index in [4.69, 9.17) is 0 Å². The summed E-state index contributed by atoms with van der Waals surface area (Å²) in [7, 11) is 0. The fraction of sp³-hybridized carbons (Fsp3) is 0.312. The summed E-state index contributed by atoms with van der Waals surface area (Å²) in [5.41, 5.74) is 12.6. The van der Waals surface area contributed by atoms with Gasteiger partial charge in [0.25, 0.3) is 0 Å². The van der Waals surface area contributed by atoms with Gasteiger partial charge in [0.2, 0.25) is 0 Å². The molecular weight excluding hydrogens is 769 g/mol. The summed E-state index contributed by atoms with van der Waals surface area (Å²) in [6, 6.07) is 56.2. The van der Waals surface area contributed by atoms with Gasteiger partial charge in [-0.25, -0.2) is 0 Å². The molecular formula is C64H54. The number of rotatable bonds is 3. The molecule has 0 heterocycles. The lowest BCUT2D eigenvalue weighted by Gasteiger charge is -2.74. The summed E-state index contributed by atoms with van der Waals surface area (Å²) < 4.78 is 0. The first kappa shape index (κ1) is 39.2. The third-order valence-corrected chi connectivity index (χ3v) is 17.0. The van der Waals surface area contributed by atoms with Crippen LogP contribution in [0.1, 0.15) is 133 Å². The molecule has 8 aliphatic rings. The van der Waals surface area contributed by atoms with Crippen LogP contribution in [0.5, 0.6) is 0 Å². The molecule has 0 N–H and O–H groups in total. The monoisotopic (exact) mass is 822 g/mol. The minimum absolute atomic E-state index is 0.203. The zero-order valence-corrected chi connectivity index (χ0v) is 36.8. The van der Waals surface area contributed by atoms with E-state index in [9.17, 15) is 0 Å². The number of benzene rings is 6. The van der Waals surface area contributed by atoms with E-state index < -0.39 is 0 Å². The topological polar surface area (TPSA) is 0 Å². The van der Waals surface area contributed by atoms with Crippen molar-refractivity contribution in [2.45, 2.75) is 87.9 Å². The molecule has 4 unspecified atom stereocenters. The number of hydrogen-bond acceptors (Lipinski definition) is 0.